The van der Waals surface area contributed by atoms with Gasteiger partial charge in [0.2, 0.25) is 5.91 Å². The minimum absolute atomic E-state index is 0.0919. The predicted molar refractivity (Wildman–Crippen MR) is 98.4 cm³/mol. The average Bonchev–Trinajstić information content (AvgIpc) is 2.64. The van der Waals surface area contributed by atoms with Crippen LogP contribution in [-0.4, -0.2) is 31.1 Å². The normalized spacial score (nSPS) is 15.4. The van der Waals surface area contributed by atoms with Crippen LogP contribution in [0.2, 0.25) is 0 Å². The molecule has 0 aliphatic carbocycles. The van der Waals surface area contributed by atoms with E-state index in [0.717, 1.165) is 11.3 Å². The van der Waals surface area contributed by atoms with Crippen LogP contribution < -0.4 is 20.1 Å². The Morgan fingerprint density at radius 1 is 1.19 bits per heavy atom. The molecule has 6 heteroatoms. The predicted octanol–water partition coefficient (Wildman–Crippen LogP) is 2.53. The number of carbonyl (C=O) groups excluding carboxylic acids is 2. The maximum absolute atomic E-state index is 12.1. The lowest BCUT2D eigenvalue weighted by atomic mass is 10.1. The van der Waals surface area contributed by atoms with Crippen molar-refractivity contribution in [3.8, 4) is 11.5 Å². The van der Waals surface area contributed by atoms with Crippen LogP contribution >= 0.6 is 0 Å². The van der Waals surface area contributed by atoms with Gasteiger partial charge >= 0.3 is 0 Å². The number of anilines is 1. The molecule has 0 fully saturated rings. The Bertz CT molecular complexity index is 774. The zero-order valence-corrected chi connectivity index (χ0v) is 14.7. The van der Waals surface area contributed by atoms with Crippen LogP contribution in [0.15, 0.2) is 48.5 Å². The molecule has 1 atom stereocenters. The Morgan fingerprint density at radius 2 is 1.96 bits per heavy atom. The molecular weight excluding hydrogens is 332 g/mol. The van der Waals surface area contributed by atoms with Gasteiger partial charge in [-0.1, -0.05) is 24.3 Å². The molecule has 1 aliphatic rings. The molecule has 26 heavy (non-hydrogen) atoms. The van der Waals surface area contributed by atoms with Crippen LogP contribution in [0.25, 0.3) is 0 Å². The first-order valence-electron chi connectivity index (χ1n) is 8.70. The highest BCUT2D eigenvalue weighted by atomic mass is 16.5. The standard InChI is InChI=1S/C20H22N2O4/c1-2-25-15-9-7-14(8-10-15)13-19(23)21-12-11-18-20(24)22-16-5-3-4-6-17(16)26-18/h3-10,18H,2,11-13H2,1H3,(H,21,23)(H,22,24). The van der Waals surface area contributed by atoms with Gasteiger partial charge in [0.1, 0.15) is 11.5 Å². The molecule has 0 saturated heterocycles. The first-order chi connectivity index (χ1) is 12.7. The largest absolute Gasteiger partial charge is 0.494 e. The number of hydrogen-bond donors (Lipinski definition) is 2. The van der Waals surface area contributed by atoms with Gasteiger partial charge in [-0.3, -0.25) is 9.59 Å². The zero-order valence-electron chi connectivity index (χ0n) is 14.7. The molecule has 6 nitrogen and oxygen atoms in total. The molecule has 0 spiro atoms. The zero-order chi connectivity index (χ0) is 18.4. The van der Waals surface area contributed by atoms with E-state index >= 15 is 0 Å². The highest BCUT2D eigenvalue weighted by Gasteiger charge is 2.26. The van der Waals surface area contributed by atoms with E-state index in [0.29, 0.717) is 31.0 Å². The lowest BCUT2D eigenvalue weighted by molar-refractivity contribution is -0.124. The first-order valence-corrected chi connectivity index (χ1v) is 8.70. The summed E-state index contributed by atoms with van der Waals surface area (Å²) in [5, 5.41) is 5.65. The number of ether oxygens (including phenoxy) is 2. The fraction of sp³-hybridized carbons (Fsp3) is 0.300. The summed E-state index contributed by atoms with van der Waals surface area (Å²) in [6.07, 6.45) is 0.0953. The molecule has 0 aromatic heterocycles. The number of amides is 2. The Balaban J connectivity index is 1.44. The summed E-state index contributed by atoms with van der Waals surface area (Å²) in [6, 6.07) is 14.7. The van der Waals surface area contributed by atoms with Crippen molar-refractivity contribution in [2.75, 3.05) is 18.5 Å². The fourth-order valence-corrected chi connectivity index (χ4v) is 2.74. The number of hydrogen-bond acceptors (Lipinski definition) is 4. The monoisotopic (exact) mass is 354 g/mol. The lowest BCUT2D eigenvalue weighted by Crippen LogP contribution is -2.40. The second kappa shape index (κ2) is 8.38. The maximum Gasteiger partial charge on any atom is 0.265 e. The SMILES string of the molecule is CCOc1ccc(CC(=O)NCCC2Oc3ccccc3NC2=O)cc1. The van der Waals surface area contributed by atoms with Crippen molar-refractivity contribution in [2.24, 2.45) is 0 Å². The Hall–Kier alpha value is -3.02. The quantitative estimate of drug-likeness (QED) is 0.801. The minimum atomic E-state index is -0.601. The van der Waals surface area contributed by atoms with Crippen LogP contribution in [0.3, 0.4) is 0 Å². The Kier molecular flexibility index (Phi) is 5.73. The van der Waals surface area contributed by atoms with E-state index in [2.05, 4.69) is 10.6 Å². The third-order valence-electron chi connectivity index (χ3n) is 4.03. The van der Waals surface area contributed by atoms with Crippen LogP contribution in [0.5, 0.6) is 11.5 Å². The van der Waals surface area contributed by atoms with Gasteiger partial charge in [0.15, 0.2) is 6.10 Å². The molecule has 0 bridgehead atoms. The molecule has 2 aromatic carbocycles. The van der Waals surface area contributed by atoms with Crippen molar-refractivity contribution in [1.82, 2.24) is 5.32 Å². The summed E-state index contributed by atoms with van der Waals surface area (Å²) < 4.78 is 11.1. The summed E-state index contributed by atoms with van der Waals surface area (Å²) in [7, 11) is 0. The van der Waals surface area contributed by atoms with Gasteiger partial charge in [-0.25, -0.2) is 0 Å². The molecule has 0 radical (unpaired) electrons. The molecule has 2 N–H and O–H groups in total. The topological polar surface area (TPSA) is 76.7 Å². The Labute approximate surface area is 152 Å². The number of rotatable bonds is 7. The summed E-state index contributed by atoms with van der Waals surface area (Å²) in [6.45, 7) is 2.91. The molecule has 1 unspecified atom stereocenters. The van der Waals surface area contributed by atoms with Crippen LogP contribution in [0, 0.1) is 0 Å². The van der Waals surface area contributed by atoms with Crippen molar-refractivity contribution in [3.05, 3.63) is 54.1 Å². The van der Waals surface area contributed by atoms with Crippen LogP contribution in [0.1, 0.15) is 18.9 Å². The first kappa shape index (κ1) is 17.8. The van der Waals surface area contributed by atoms with Gasteiger partial charge in [-0.05, 0) is 36.8 Å². The molecule has 0 saturated carbocycles. The maximum atomic E-state index is 12.1. The number of benzene rings is 2. The Morgan fingerprint density at radius 3 is 2.73 bits per heavy atom. The average molecular weight is 354 g/mol. The molecule has 136 valence electrons. The molecule has 3 rings (SSSR count). The minimum Gasteiger partial charge on any atom is -0.494 e. The summed E-state index contributed by atoms with van der Waals surface area (Å²) in [4.78, 5) is 24.1. The van der Waals surface area contributed by atoms with E-state index in [9.17, 15) is 9.59 Å². The third kappa shape index (κ3) is 4.53. The van der Waals surface area contributed by atoms with Gasteiger partial charge in [0.25, 0.3) is 5.91 Å². The summed E-state index contributed by atoms with van der Waals surface area (Å²) >= 11 is 0. The molecule has 1 aliphatic heterocycles. The van der Waals surface area contributed by atoms with Gasteiger partial charge in [-0.2, -0.15) is 0 Å². The second-order valence-corrected chi connectivity index (χ2v) is 5.98. The van der Waals surface area contributed by atoms with Gasteiger partial charge < -0.3 is 20.1 Å². The highest BCUT2D eigenvalue weighted by molar-refractivity contribution is 5.97. The third-order valence-corrected chi connectivity index (χ3v) is 4.03. The smallest absolute Gasteiger partial charge is 0.265 e. The van der Waals surface area contributed by atoms with Crippen molar-refractivity contribution < 1.29 is 19.1 Å². The molecule has 2 aromatic rings. The number of fused-ring (bicyclic) bond motifs is 1. The molecular formula is C20H22N2O4. The van der Waals surface area contributed by atoms with Crippen LogP contribution in [0.4, 0.5) is 5.69 Å². The van der Waals surface area contributed by atoms with E-state index in [4.69, 9.17) is 9.47 Å². The van der Waals surface area contributed by atoms with Crippen LogP contribution in [-0.2, 0) is 16.0 Å². The van der Waals surface area contributed by atoms with Crippen molar-refractivity contribution in [3.63, 3.8) is 0 Å². The number of nitrogens with one attached hydrogen (secondary N) is 2. The number of para-hydroxylation sites is 2. The van der Waals surface area contributed by atoms with E-state index in [-0.39, 0.29) is 18.2 Å². The van der Waals surface area contributed by atoms with E-state index in [1.807, 2.05) is 49.4 Å². The van der Waals surface area contributed by atoms with Gasteiger partial charge in [-0.15, -0.1) is 0 Å². The van der Waals surface area contributed by atoms with E-state index in [1.165, 1.54) is 0 Å². The fourth-order valence-electron chi connectivity index (χ4n) is 2.74. The van der Waals surface area contributed by atoms with Crippen molar-refractivity contribution in [2.45, 2.75) is 25.9 Å². The second-order valence-electron chi connectivity index (χ2n) is 5.98. The van der Waals surface area contributed by atoms with E-state index < -0.39 is 6.10 Å². The van der Waals surface area contributed by atoms with Crippen molar-refractivity contribution in [1.29, 1.82) is 0 Å². The summed E-state index contributed by atoms with van der Waals surface area (Å²) in [5.74, 6) is 1.16. The lowest BCUT2D eigenvalue weighted by Gasteiger charge is -2.25. The van der Waals surface area contributed by atoms with Crippen molar-refractivity contribution >= 4 is 17.5 Å². The van der Waals surface area contributed by atoms with Gasteiger partial charge in [0, 0.05) is 13.0 Å². The molecule has 1 heterocycles. The van der Waals surface area contributed by atoms with Gasteiger partial charge in [0.05, 0.1) is 18.7 Å². The number of carbonyl (C=O) groups is 2. The van der Waals surface area contributed by atoms with E-state index in [1.54, 1.807) is 6.07 Å². The molecule has 2 amide bonds. The summed E-state index contributed by atoms with van der Waals surface area (Å²) in [5.41, 5.74) is 1.58. The highest BCUT2D eigenvalue weighted by Crippen LogP contribution is 2.29.